The van der Waals surface area contributed by atoms with E-state index in [2.05, 4.69) is 5.32 Å². The monoisotopic (exact) mass is 282 g/mol. The summed E-state index contributed by atoms with van der Waals surface area (Å²) >= 11 is 5.76. The predicted molar refractivity (Wildman–Crippen MR) is 72.4 cm³/mol. The van der Waals surface area contributed by atoms with Gasteiger partial charge in [-0.2, -0.15) is 0 Å². The number of carboxylic acids is 1. The fourth-order valence-electron chi connectivity index (χ4n) is 2.26. The molecule has 0 unspecified atom stereocenters. The number of anilines is 1. The zero-order valence-corrected chi connectivity index (χ0v) is 11.0. The minimum atomic E-state index is -1.13. The predicted octanol–water partition coefficient (Wildman–Crippen LogP) is 2.25. The van der Waals surface area contributed by atoms with Crippen LogP contribution in [0.4, 0.5) is 5.69 Å². The lowest BCUT2D eigenvalue weighted by atomic mass is 9.98. The van der Waals surface area contributed by atoms with E-state index in [1.54, 1.807) is 6.07 Å². The van der Waals surface area contributed by atoms with Crippen LogP contribution in [0, 0.1) is 0 Å². The van der Waals surface area contributed by atoms with Crippen molar-refractivity contribution in [2.45, 2.75) is 31.2 Å². The molecule has 1 fully saturated rings. The highest BCUT2D eigenvalue weighted by molar-refractivity contribution is 6.33. The van der Waals surface area contributed by atoms with Crippen molar-refractivity contribution in [2.24, 2.45) is 5.73 Å². The molecule has 0 atom stereocenters. The second-order valence-corrected chi connectivity index (χ2v) is 5.22. The van der Waals surface area contributed by atoms with Gasteiger partial charge in [-0.15, -0.1) is 0 Å². The highest BCUT2D eigenvalue weighted by atomic mass is 35.5. The smallest absolute Gasteiger partial charge is 0.337 e. The minimum Gasteiger partial charge on any atom is -0.478 e. The van der Waals surface area contributed by atoms with Crippen LogP contribution in [0.15, 0.2) is 18.2 Å². The molecule has 1 aliphatic rings. The maximum atomic E-state index is 12.1. The quantitative estimate of drug-likeness (QED) is 0.793. The number of carbonyl (C=O) groups excluding carboxylic acids is 1. The standard InChI is InChI=1S/C13H15ClN2O3/c14-10-4-3-8(7-9(10)11(17)18)16-12(19)13(15)5-1-2-6-13/h3-4,7H,1-2,5-6,15H2,(H,16,19)(H,17,18). The van der Waals surface area contributed by atoms with E-state index in [4.69, 9.17) is 22.4 Å². The topological polar surface area (TPSA) is 92.4 Å². The van der Waals surface area contributed by atoms with Crippen molar-refractivity contribution in [1.29, 1.82) is 0 Å². The highest BCUT2D eigenvalue weighted by Gasteiger charge is 2.37. The van der Waals surface area contributed by atoms with Crippen molar-refractivity contribution < 1.29 is 14.7 Å². The number of hydrogen-bond acceptors (Lipinski definition) is 3. The second kappa shape index (κ2) is 5.19. The molecule has 6 heteroatoms. The molecule has 2 rings (SSSR count). The Balaban J connectivity index is 2.17. The summed E-state index contributed by atoms with van der Waals surface area (Å²) in [5.41, 5.74) is 5.53. The van der Waals surface area contributed by atoms with Gasteiger partial charge in [0.25, 0.3) is 0 Å². The minimum absolute atomic E-state index is 0.0445. The van der Waals surface area contributed by atoms with Crippen LogP contribution in [-0.2, 0) is 4.79 Å². The number of hydrogen-bond donors (Lipinski definition) is 3. The number of halogens is 1. The molecule has 0 bridgehead atoms. The molecule has 0 heterocycles. The maximum absolute atomic E-state index is 12.1. The Labute approximate surface area is 115 Å². The van der Waals surface area contributed by atoms with Gasteiger partial charge in [0.2, 0.25) is 5.91 Å². The van der Waals surface area contributed by atoms with Gasteiger partial charge in [-0.1, -0.05) is 24.4 Å². The van der Waals surface area contributed by atoms with Crippen LogP contribution < -0.4 is 11.1 Å². The van der Waals surface area contributed by atoms with E-state index in [-0.39, 0.29) is 16.5 Å². The zero-order chi connectivity index (χ0) is 14.0. The molecular weight excluding hydrogens is 268 g/mol. The first kappa shape index (κ1) is 13.8. The first-order valence-electron chi connectivity index (χ1n) is 6.05. The number of carboxylic acid groups (broad SMARTS) is 1. The molecule has 0 spiro atoms. The Morgan fingerprint density at radius 3 is 2.53 bits per heavy atom. The number of aromatic carboxylic acids is 1. The molecule has 19 heavy (non-hydrogen) atoms. The third-order valence-corrected chi connectivity index (χ3v) is 3.73. The number of rotatable bonds is 3. The lowest BCUT2D eigenvalue weighted by Gasteiger charge is -2.22. The zero-order valence-electron chi connectivity index (χ0n) is 10.3. The summed E-state index contributed by atoms with van der Waals surface area (Å²) < 4.78 is 0. The SMILES string of the molecule is NC1(C(=O)Nc2ccc(Cl)c(C(=O)O)c2)CCCC1. The lowest BCUT2D eigenvalue weighted by molar-refractivity contribution is -0.121. The van der Waals surface area contributed by atoms with Gasteiger partial charge in [0, 0.05) is 5.69 Å². The number of carbonyl (C=O) groups is 2. The van der Waals surface area contributed by atoms with Crippen molar-refractivity contribution >= 4 is 29.2 Å². The van der Waals surface area contributed by atoms with Crippen LogP contribution in [0.1, 0.15) is 36.0 Å². The first-order chi connectivity index (χ1) is 8.92. The Bertz CT molecular complexity index is 525. The van der Waals surface area contributed by atoms with E-state index >= 15 is 0 Å². The molecule has 0 aliphatic heterocycles. The van der Waals surface area contributed by atoms with Crippen molar-refractivity contribution in [3.8, 4) is 0 Å². The summed E-state index contributed by atoms with van der Waals surface area (Å²) in [6.07, 6.45) is 3.17. The van der Waals surface area contributed by atoms with E-state index < -0.39 is 11.5 Å². The molecule has 1 aliphatic carbocycles. The van der Waals surface area contributed by atoms with Gasteiger partial charge in [-0.25, -0.2) is 4.79 Å². The Morgan fingerprint density at radius 2 is 1.95 bits per heavy atom. The average molecular weight is 283 g/mol. The van der Waals surface area contributed by atoms with Gasteiger partial charge in [0.1, 0.15) is 0 Å². The normalized spacial score (nSPS) is 17.2. The van der Waals surface area contributed by atoms with Gasteiger partial charge >= 0.3 is 5.97 Å². The number of nitrogens with one attached hydrogen (secondary N) is 1. The van der Waals surface area contributed by atoms with Crippen molar-refractivity contribution in [1.82, 2.24) is 0 Å². The number of amides is 1. The van der Waals surface area contributed by atoms with Crippen LogP contribution in [0.3, 0.4) is 0 Å². The van der Waals surface area contributed by atoms with E-state index in [1.165, 1.54) is 12.1 Å². The Morgan fingerprint density at radius 1 is 1.32 bits per heavy atom. The third kappa shape index (κ3) is 2.88. The molecule has 102 valence electrons. The Hall–Kier alpha value is -1.59. The van der Waals surface area contributed by atoms with Gasteiger partial charge in [-0.05, 0) is 31.0 Å². The summed E-state index contributed by atoms with van der Waals surface area (Å²) in [5, 5.41) is 11.8. The molecule has 1 saturated carbocycles. The fourth-order valence-corrected chi connectivity index (χ4v) is 2.45. The van der Waals surface area contributed by atoms with Crippen molar-refractivity contribution in [2.75, 3.05) is 5.32 Å². The van der Waals surface area contributed by atoms with Gasteiger partial charge < -0.3 is 16.2 Å². The fraction of sp³-hybridized carbons (Fsp3) is 0.385. The molecule has 0 radical (unpaired) electrons. The van der Waals surface area contributed by atoms with Crippen molar-refractivity contribution in [3.05, 3.63) is 28.8 Å². The van der Waals surface area contributed by atoms with Gasteiger partial charge in [-0.3, -0.25) is 4.79 Å². The molecule has 1 aromatic rings. The summed E-state index contributed by atoms with van der Waals surface area (Å²) in [5.74, 6) is -1.41. The molecule has 5 nitrogen and oxygen atoms in total. The van der Waals surface area contributed by atoms with E-state index in [0.717, 1.165) is 12.8 Å². The maximum Gasteiger partial charge on any atom is 0.337 e. The summed E-state index contributed by atoms with van der Waals surface area (Å²) in [6, 6.07) is 4.34. The molecule has 1 aromatic carbocycles. The van der Waals surface area contributed by atoms with Gasteiger partial charge in [0.15, 0.2) is 0 Å². The molecule has 0 saturated heterocycles. The summed E-state index contributed by atoms with van der Waals surface area (Å²) in [7, 11) is 0. The van der Waals surface area contributed by atoms with Crippen LogP contribution in [0.25, 0.3) is 0 Å². The second-order valence-electron chi connectivity index (χ2n) is 4.82. The largest absolute Gasteiger partial charge is 0.478 e. The molecule has 0 aromatic heterocycles. The van der Waals surface area contributed by atoms with Crippen LogP contribution in [0.2, 0.25) is 5.02 Å². The van der Waals surface area contributed by atoms with Gasteiger partial charge in [0.05, 0.1) is 16.1 Å². The molecule has 4 N–H and O–H groups in total. The van der Waals surface area contributed by atoms with Crippen LogP contribution >= 0.6 is 11.6 Å². The van der Waals surface area contributed by atoms with Crippen LogP contribution in [0.5, 0.6) is 0 Å². The van der Waals surface area contributed by atoms with Crippen molar-refractivity contribution in [3.63, 3.8) is 0 Å². The molecule has 1 amide bonds. The van der Waals surface area contributed by atoms with E-state index in [1.807, 2.05) is 0 Å². The van der Waals surface area contributed by atoms with Crippen LogP contribution in [-0.4, -0.2) is 22.5 Å². The van der Waals surface area contributed by atoms with E-state index in [0.29, 0.717) is 18.5 Å². The Kier molecular flexibility index (Phi) is 3.78. The van der Waals surface area contributed by atoms with E-state index in [9.17, 15) is 9.59 Å². The third-order valence-electron chi connectivity index (χ3n) is 3.40. The lowest BCUT2D eigenvalue weighted by Crippen LogP contribution is -2.48. The molecular formula is C13H15ClN2O3. The first-order valence-corrected chi connectivity index (χ1v) is 6.43. The average Bonchev–Trinajstić information content (AvgIpc) is 2.79. The highest BCUT2D eigenvalue weighted by Crippen LogP contribution is 2.29. The summed E-state index contributed by atoms with van der Waals surface area (Å²) in [6.45, 7) is 0. The summed E-state index contributed by atoms with van der Waals surface area (Å²) in [4.78, 5) is 23.0. The number of benzene rings is 1. The number of nitrogens with two attached hydrogens (primary N) is 1.